The number of likely N-dealkylation sites (tertiary alicyclic amines) is 1. The van der Waals surface area contributed by atoms with Gasteiger partial charge >= 0.3 is 6.09 Å². The molecule has 6 nitrogen and oxygen atoms in total. The van der Waals surface area contributed by atoms with Crippen molar-refractivity contribution in [2.75, 3.05) is 13.1 Å². The quantitative estimate of drug-likeness (QED) is 0.718. The van der Waals surface area contributed by atoms with E-state index in [4.69, 9.17) is 9.47 Å². The smallest absolute Gasteiger partial charge is 0.410 e. The van der Waals surface area contributed by atoms with Crippen LogP contribution in [0.2, 0.25) is 0 Å². The van der Waals surface area contributed by atoms with Crippen LogP contribution in [0.3, 0.4) is 0 Å². The number of imidazole rings is 1. The SMILES string of the molecule is CC(C)(C)OC(=O)N1CC2(CC(Oc3cccc(-n4cnc(Br)c4)c3)C2)C1. The molecule has 0 bridgehead atoms. The van der Waals surface area contributed by atoms with E-state index in [1.807, 2.05) is 55.8 Å². The van der Waals surface area contributed by atoms with E-state index < -0.39 is 5.60 Å². The molecule has 1 aromatic heterocycles. The van der Waals surface area contributed by atoms with E-state index in [0.29, 0.717) is 0 Å². The highest BCUT2D eigenvalue weighted by molar-refractivity contribution is 9.10. The summed E-state index contributed by atoms with van der Waals surface area (Å²) in [5, 5.41) is 0. The summed E-state index contributed by atoms with van der Waals surface area (Å²) in [6.07, 6.45) is 5.63. The molecule has 0 unspecified atom stereocenters. The molecule has 1 spiro atoms. The number of aromatic nitrogens is 2. The van der Waals surface area contributed by atoms with Crippen LogP contribution in [0.5, 0.6) is 5.75 Å². The molecule has 2 aliphatic rings. The van der Waals surface area contributed by atoms with Gasteiger partial charge in [-0.1, -0.05) is 6.07 Å². The van der Waals surface area contributed by atoms with Gasteiger partial charge in [0.1, 0.15) is 28.4 Å². The van der Waals surface area contributed by atoms with E-state index in [1.165, 1.54) is 0 Å². The third-order valence-corrected chi connectivity index (χ3v) is 5.40. The summed E-state index contributed by atoms with van der Waals surface area (Å²) in [6.45, 7) is 7.22. The molecule has 0 atom stereocenters. The Bertz CT molecular complexity index is 844. The largest absolute Gasteiger partial charge is 0.490 e. The van der Waals surface area contributed by atoms with E-state index in [2.05, 4.69) is 20.9 Å². The highest BCUT2D eigenvalue weighted by Gasteiger charge is 2.55. The monoisotopic (exact) mass is 433 g/mol. The fourth-order valence-electron chi connectivity index (χ4n) is 3.82. The average molecular weight is 434 g/mol. The van der Waals surface area contributed by atoms with Gasteiger partial charge in [0.05, 0.1) is 5.69 Å². The van der Waals surface area contributed by atoms with Gasteiger partial charge in [-0.15, -0.1) is 0 Å². The van der Waals surface area contributed by atoms with Crippen LogP contribution < -0.4 is 4.74 Å². The molecule has 144 valence electrons. The van der Waals surface area contributed by atoms with Crippen molar-refractivity contribution in [3.63, 3.8) is 0 Å². The maximum atomic E-state index is 12.1. The van der Waals surface area contributed by atoms with Crippen molar-refractivity contribution in [2.24, 2.45) is 5.41 Å². The van der Waals surface area contributed by atoms with Gasteiger partial charge in [0.15, 0.2) is 0 Å². The van der Waals surface area contributed by atoms with Crippen LogP contribution in [0.15, 0.2) is 41.4 Å². The second-order valence-corrected chi connectivity index (χ2v) is 9.40. The minimum atomic E-state index is -0.444. The van der Waals surface area contributed by atoms with Crippen molar-refractivity contribution in [1.82, 2.24) is 14.5 Å². The van der Waals surface area contributed by atoms with Crippen LogP contribution in [0.25, 0.3) is 5.69 Å². The van der Waals surface area contributed by atoms with Gasteiger partial charge in [-0.2, -0.15) is 0 Å². The van der Waals surface area contributed by atoms with Crippen LogP contribution in [0, 0.1) is 5.41 Å². The summed E-state index contributed by atoms with van der Waals surface area (Å²) in [5.74, 6) is 0.862. The number of hydrogen-bond donors (Lipinski definition) is 0. The number of rotatable bonds is 3. The summed E-state index contributed by atoms with van der Waals surface area (Å²) < 4.78 is 14.3. The first-order valence-corrected chi connectivity index (χ1v) is 9.95. The highest BCUT2D eigenvalue weighted by Crippen LogP contribution is 2.50. The summed E-state index contributed by atoms with van der Waals surface area (Å²) in [6, 6.07) is 8.01. The Kier molecular flexibility index (Phi) is 4.45. The summed E-state index contributed by atoms with van der Waals surface area (Å²) >= 11 is 3.37. The molecule has 0 radical (unpaired) electrons. The Morgan fingerprint density at radius 3 is 2.67 bits per heavy atom. The molecule has 1 saturated heterocycles. The van der Waals surface area contributed by atoms with Crippen molar-refractivity contribution < 1.29 is 14.3 Å². The van der Waals surface area contributed by atoms with Gasteiger partial charge < -0.3 is 18.9 Å². The molecule has 1 amide bonds. The van der Waals surface area contributed by atoms with Crippen molar-refractivity contribution in [2.45, 2.75) is 45.3 Å². The van der Waals surface area contributed by atoms with E-state index in [9.17, 15) is 4.79 Å². The number of hydrogen-bond acceptors (Lipinski definition) is 4. The molecule has 2 heterocycles. The number of carbonyl (C=O) groups is 1. The predicted molar refractivity (Wildman–Crippen MR) is 105 cm³/mol. The Morgan fingerprint density at radius 1 is 1.30 bits per heavy atom. The minimum Gasteiger partial charge on any atom is -0.490 e. The fraction of sp³-hybridized carbons (Fsp3) is 0.500. The Labute approximate surface area is 167 Å². The number of ether oxygens (including phenoxy) is 2. The average Bonchev–Trinajstić information content (AvgIpc) is 2.93. The van der Waals surface area contributed by atoms with Crippen LogP contribution in [0.1, 0.15) is 33.6 Å². The number of halogens is 1. The second kappa shape index (κ2) is 6.55. The number of benzene rings is 1. The van der Waals surface area contributed by atoms with Crippen LogP contribution in [-0.2, 0) is 4.74 Å². The predicted octanol–water partition coefficient (Wildman–Crippen LogP) is 4.41. The first-order chi connectivity index (χ1) is 12.7. The topological polar surface area (TPSA) is 56.6 Å². The Hall–Kier alpha value is -2.02. The molecule has 2 aromatic rings. The molecule has 27 heavy (non-hydrogen) atoms. The van der Waals surface area contributed by atoms with Gasteiger partial charge in [0.25, 0.3) is 0 Å². The molecule has 4 rings (SSSR count). The zero-order chi connectivity index (χ0) is 19.2. The Balaban J connectivity index is 1.29. The Morgan fingerprint density at radius 2 is 2.04 bits per heavy atom. The fourth-order valence-corrected chi connectivity index (χ4v) is 4.13. The third-order valence-electron chi connectivity index (χ3n) is 5.00. The number of nitrogens with zero attached hydrogens (tertiary/aromatic N) is 3. The van der Waals surface area contributed by atoms with Gasteiger partial charge in [-0.25, -0.2) is 9.78 Å². The highest BCUT2D eigenvalue weighted by atomic mass is 79.9. The van der Waals surface area contributed by atoms with E-state index in [-0.39, 0.29) is 17.6 Å². The molecule has 7 heteroatoms. The van der Waals surface area contributed by atoms with Crippen molar-refractivity contribution >= 4 is 22.0 Å². The lowest BCUT2D eigenvalue weighted by atomic mass is 9.62. The zero-order valence-electron chi connectivity index (χ0n) is 15.8. The van der Waals surface area contributed by atoms with E-state index >= 15 is 0 Å². The van der Waals surface area contributed by atoms with Gasteiger partial charge in [-0.3, -0.25) is 0 Å². The minimum absolute atomic E-state index is 0.204. The lowest BCUT2D eigenvalue weighted by Gasteiger charge is -2.58. The molecule has 1 aliphatic heterocycles. The molecule has 0 N–H and O–H groups in total. The molecule has 1 saturated carbocycles. The number of amides is 1. The van der Waals surface area contributed by atoms with Crippen LogP contribution in [0.4, 0.5) is 4.79 Å². The van der Waals surface area contributed by atoms with Crippen LogP contribution in [-0.4, -0.2) is 45.3 Å². The standard InChI is InChI=1S/C20H24BrN3O3/c1-19(2,3)27-18(25)24-11-20(12-24)8-16(9-20)26-15-6-4-5-14(7-15)23-10-17(21)22-13-23/h4-7,10,13,16H,8-9,11-12H2,1-3H3. The second-order valence-electron chi connectivity index (χ2n) is 8.59. The lowest BCUT2D eigenvalue weighted by molar-refractivity contribution is -0.116. The zero-order valence-corrected chi connectivity index (χ0v) is 17.4. The number of carbonyl (C=O) groups excluding carboxylic acids is 1. The van der Waals surface area contributed by atoms with Crippen molar-refractivity contribution in [3.05, 3.63) is 41.4 Å². The first kappa shape index (κ1) is 18.3. The van der Waals surface area contributed by atoms with Gasteiger partial charge in [0, 0.05) is 30.8 Å². The lowest BCUT2D eigenvalue weighted by Crippen LogP contribution is -2.66. The maximum absolute atomic E-state index is 12.1. The molecular formula is C20H24BrN3O3. The molecule has 1 aromatic carbocycles. The van der Waals surface area contributed by atoms with Gasteiger partial charge in [0.2, 0.25) is 0 Å². The van der Waals surface area contributed by atoms with Crippen molar-refractivity contribution in [3.8, 4) is 11.4 Å². The molecule has 2 fully saturated rings. The van der Waals surface area contributed by atoms with E-state index in [0.717, 1.165) is 42.0 Å². The summed E-state index contributed by atoms with van der Waals surface area (Å²) in [4.78, 5) is 18.1. The van der Waals surface area contributed by atoms with Gasteiger partial charge in [-0.05, 0) is 61.7 Å². The maximum Gasteiger partial charge on any atom is 0.410 e. The van der Waals surface area contributed by atoms with E-state index in [1.54, 1.807) is 11.2 Å². The molecule has 1 aliphatic carbocycles. The first-order valence-electron chi connectivity index (χ1n) is 9.16. The normalized spacial score (nSPS) is 18.7. The third kappa shape index (κ3) is 3.98. The summed E-state index contributed by atoms with van der Waals surface area (Å²) in [7, 11) is 0. The van der Waals surface area contributed by atoms with Crippen molar-refractivity contribution in [1.29, 1.82) is 0 Å². The van der Waals surface area contributed by atoms with Crippen LogP contribution >= 0.6 is 15.9 Å². The molecular weight excluding hydrogens is 410 g/mol. The summed E-state index contributed by atoms with van der Waals surface area (Å²) in [5.41, 5.74) is 0.787.